The van der Waals surface area contributed by atoms with E-state index >= 15 is 0 Å². The Hall–Kier alpha value is -1.12. The quantitative estimate of drug-likeness (QED) is 0.109. The molecule has 0 spiro atoms. The second-order valence-electron chi connectivity index (χ2n) is 10.4. The first kappa shape index (κ1) is 29.9. The smallest absolute Gasteiger partial charge is 0.254 e. The van der Waals surface area contributed by atoms with Gasteiger partial charge in [0.1, 0.15) is 0 Å². The summed E-state index contributed by atoms with van der Waals surface area (Å²) in [7, 11) is 0. The van der Waals surface area contributed by atoms with Crippen molar-refractivity contribution in [3.05, 3.63) is 11.6 Å². The second-order valence-corrected chi connectivity index (χ2v) is 10.4. The topological polar surface area (TPSA) is 46.2 Å². The summed E-state index contributed by atoms with van der Waals surface area (Å²) in [4.78, 5) is 22.5. The van der Waals surface area contributed by atoms with E-state index in [9.17, 15) is 9.59 Å². The van der Waals surface area contributed by atoms with Crippen LogP contribution in [0.3, 0.4) is 0 Å². The van der Waals surface area contributed by atoms with Gasteiger partial charge in [-0.05, 0) is 12.8 Å². The maximum absolute atomic E-state index is 11.4. The largest absolute Gasteiger partial charge is 0.289 e. The van der Waals surface area contributed by atoms with Crippen LogP contribution in [0.1, 0.15) is 167 Å². The molecular weight excluding hydrogens is 406 g/mol. The summed E-state index contributed by atoms with van der Waals surface area (Å²) in [5.74, 6) is -0.437. The van der Waals surface area contributed by atoms with Gasteiger partial charge < -0.3 is 0 Å². The first-order valence-electron chi connectivity index (χ1n) is 14.8. The SMILES string of the molecule is CCCCCCCCCCCCCCCCCCCCCCCCCCC1=CC(=O)NC1=O. The molecule has 1 heterocycles. The molecule has 1 rings (SSSR count). The van der Waals surface area contributed by atoms with Gasteiger partial charge in [-0.1, -0.05) is 155 Å². The third-order valence-electron chi connectivity index (χ3n) is 7.13. The van der Waals surface area contributed by atoms with E-state index in [0.29, 0.717) is 5.57 Å². The maximum atomic E-state index is 11.4. The summed E-state index contributed by atoms with van der Waals surface area (Å²) in [5, 5.41) is 2.31. The van der Waals surface area contributed by atoms with E-state index in [2.05, 4.69) is 12.2 Å². The molecule has 2 amide bonds. The van der Waals surface area contributed by atoms with Gasteiger partial charge in [-0.3, -0.25) is 14.9 Å². The summed E-state index contributed by atoms with van der Waals surface area (Å²) in [6.07, 6.45) is 35.6. The molecule has 0 aromatic heterocycles. The molecule has 0 bridgehead atoms. The normalized spacial score (nSPS) is 13.5. The minimum Gasteiger partial charge on any atom is -0.289 e. The predicted octanol–water partition coefficient (Wildman–Crippen LogP) is 9.34. The van der Waals surface area contributed by atoms with Crippen LogP contribution < -0.4 is 5.32 Å². The molecule has 3 nitrogen and oxygen atoms in total. The van der Waals surface area contributed by atoms with E-state index in [1.165, 1.54) is 147 Å². The monoisotopic (exact) mass is 461 g/mol. The average Bonchev–Trinajstić information content (AvgIpc) is 3.13. The van der Waals surface area contributed by atoms with Crippen LogP contribution in [0.4, 0.5) is 0 Å². The van der Waals surface area contributed by atoms with Crippen molar-refractivity contribution in [2.24, 2.45) is 0 Å². The lowest BCUT2D eigenvalue weighted by molar-refractivity contribution is -0.123. The van der Waals surface area contributed by atoms with Crippen molar-refractivity contribution in [3.63, 3.8) is 0 Å². The number of hydrogen-bond donors (Lipinski definition) is 1. The highest BCUT2D eigenvalue weighted by Crippen LogP contribution is 2.17. The summed E-state index contributed by atoms with van der Waals surface area (Å²) in [5.41, 5.74) is 0.666. The molecule has 192 valence electrons. The molecule has 0 aromatic rings. The van der Waals surface area contributed by atoms with Gasteiger partial charge in [0.2, 0.25) is 0 Å². The van der Waals surface area contributed by atoms with Gasteiger partial charge in [0.15, 0.2) is 0 Å². The molecule has 0 saturated carbocycles. The van der Waals surface area contributed by atoms with Crippen LogP contribution in [0.25, 0.3) is 0 Å². The standard InChI is InChI=1S/C30H55NO2/c1-2-3-4-5-6-7-8-9-10-11-12-13-14-15-16-17-18-19-20-21-22-23-24-25-26-28-27-29(32)31-30(28)33/h27H,2-26H2,1H3,(H,31,32,33). The molecule has 0 aromatic carbocycles. The molecule has 1 aliphatic heterocycles. The van der Waals surface area contributed by atoms with Crippen LogP contribution in [0.15, 0.2) is 11.6 Å². The Bertz CT molecular complexity index is 511. The minimum atomic E-state index is -0.251. The predicted molar refractivity (Wildman–Crippen MR) is 142 cm³/mol. The minimum absolute atomic E-state index is 0.186. The first-order valence-corrected chi connectivity index (χ1v) is 14.8. The fraction of sp³-hybridized carbons (Fsp3) is 0.867. The summed E-state index contributed by atoms with van der Waals surface area (Å²) >= 11 is 0. The molecular formula is C30H55NO2. The number of carbonyl (C=O) groups is 2. The van der Waals surface area contributed by atoms with Crippen molar-refractivity contribution in [1.82, 2.24) is 5.32 Å². The molecule has 0 saturated heterocycles. The maximum Gasteiger partial charge on any atom is 0.254 e. The van der Waals surface area contributed by atoms with Crippen LogP contribution in [0.2, 0.25) is 0 Å². The molecule has 33 heavy (non-hydrogen) atoms. The lowest BCUT2D eigenvalue weighted by Crippen LogP contribution is -2.22. The van der Waals surface area contributed by atoms with Crippen LogP contribution >= 0.6 is 0 Å². The number of nitrogens with one attached hydrogen (secondary N) is 1. The summed E-state index contributed by atoms with van der Waals surface area (Å²) in [6.45, 7) is 2.29. The fourth-order valence-electron chi connectivity index (χ4n) is 4.92. The van der Waals surface area contributed by atoms with Crippen LogP contribution in [0, 0.1) is 0 Å². The van der Waals surface area contributed by atoms with Gasteiger partial charge in [-0.2, -0.15) is 0 Å². The van der Waals surface area contributed by atoms with E-state index in [0.717, 1.165) is 19.3 Å². The Labute approximate surface area is 206 Å². The zero-order valence-corrected chi connectivity index (χ0v) is 22.1. The van der Waals surface area contributed by atoms with Crippen LogP contribution in [0.5, 0.6) is 0 Å². The number of imide groups is 1. The lowest BCUT2D eigenvalue weighted by Gasteiger charge is -2.04. The zero-order chi connectivity index (χ0) is 23.8. The third-order valence-corrected chi connectivity index (χ3v) is 7.13. The van der Waals surface area contributed by atoms with E-state index in [-0.39, 0.29) is 11.8 Å². The van der Waals surface area contributed by atoms with Crippen molar-refractivity contribution >= 4 is 11.8 Å². The third kappa shape index (κ3) is 18.9. The Morgan fingerprint density at radius 1 is 0.485 bits per heavy atom. The molecule has 3 heteroatoms. The Morgan fingerprint density at radius 3 is 1.06 bits per heavy atom. The molecule has 1 aliphatic rings. The van der Waals surface area contributed by atoms with Gasteiger partial charge >= 0.3 is 0 Å². The Morgan fingerprint density at radius 2 is 0.788 bits per heavy atom. The van der Waals surface area contributed by atoms with Gasteiger partial charge in [0, 0.05) is 11.6 Å². The van der Waals surface area contributed by atoms with E-state index in [4.69, 9.17) is 0 Å². The van der Waals surface area contributed by atoms with Gasteiger partial charge in [0.05, 0.1) is 0 Å². The van der Waals surface area contributed by atoms with Crippen LogP contribution in [-0.4, -0.2) is 11.8 Å². The fourth-order valence-corrected chi connectivity index (χ4v) is 4.92. The Kier molecular flexibility index (Phi) is 20.5. The average molecular weight is 462 g/mol. The lowest BCUT2D eigenvalue weighted by atomic mass is 10.0. The number of hydrogen-bond acceptors (Lipinski definition) is 2. The molecule has 0 aliphatic carbocycles. The van der Waals surface area contributed by atoms with Gasteiger partial charge in [-0.25, -0.2) is 0 Å². The van der Waals surface area contributed by atoms with Gasteiger partial charge in [-0.15, -0.1) is 0 Å². The molecule has 0 fully saturated rings. The molecule has 1 N–H and O–H groups in total. The van der Waals surface area contributed by atoms with E-state index in [1.54, 1.807) is 0 Å². The Balaban J connectivity index is 1.67. The van der Waals surface area contributed by atoms with Crippen molar-refractivity contribution < 1.29 is 9.59 Å². The van der Waals surface area contributed by atoms with Gasteiger partial charge in [0.25, 0.3) is 11.8 Å². The number of unbranched alkanes of at least 4 members (excludes halogenated alkanes) is 23. The summed E-state index contributed by atoms with van der Waals surface area (Å²) < 4.78 is 0. The number of rotatable bonds is 25. The van der Waals surface area contributed by atoms with Crippen LogP contribution in [-0.2, 0) is 9.59 Å². The van der Waals surface area contributed by atoms with Crippen molar-refractivity contribution in [2.45, 2.75) is 167 Å². The van der Waals surface area contributed by atoms with E-state index in [1.807, 2.05) is 0 Å². The molecule has 0 atom stereocenters. The summed E-state index contributed by atoms with van der Waals surface area (Å²) in [6, 6.07) is 0. The number of amides is 2. The highest BCUT2D eigenvalue weighted by Gasteiger charge is 2.19. The highest BCUT2D eigenvalue weighted by molar-refractivity contribution is 6.16. The first-order chi connectivity index (χ1) is 16.2. The van der Waals surface area contributed by atoms with Crippen molar-refractivity contribution in [2.75, 3.05) is 0 Å². The second kappa shape index (κ2) is 22.7. The highest BCUT2D eigenvalue weighted by atomic mass is 16.2. The molecule has 0 radical (unpaired) electrons. The zero-order valence-electron chi connectivity index (χ0n) is 22.1. The van der Waals surface area contributed by atoms with E-state index < -0.39 is 0 Å². The molecule has 0 unspecified atom stereocenters. The number of carbonyl (C=O) groups excluding carboxylic acids is 2. The van der Waals surface area contributed by atoms with Crippen molar-refractivity contribution in [3.8, 4) is 0 Å². The van der Waals surface area contributed by atoms with Crippen molar-refractivity contribution in [1.29, 1.82) is 0 Å².